The first-order chi connectivity index (χ1) is 9.70. The van der Waals surface area contributed by atoms with Gasteiger partial charge in [0.15, 0.2) is 11.6 Å². The zero-order chi connectivity index (χ0) is 14.4. The molecule has 108 valence electrons. The van der Waals surface area contributed by atoms with E-state index in [4.69, 9.17) is 4.74 Å². The van der Waals surface area contributed by atoms with Gasteiger partial charge in [-0.2, -0.15) is 0 Å². The molecule has 5 nitrogen and oxygen atoms in total. The predicted octanol–water partition coefficient (Wildman–Crippen LogP) is 1.34. The Bertz CT molecular complexity index is 559. The fraction of sp³-hybridized carbons (Fsp3) is 0.385. The first kappa shape index (κ1) is 14.5. The molecule has 0 saturated heterocycles. The van der Waals surface area contributed by atoms with Crippen molar-refractivity contribution >= 4 is 0 Å². The van der Waals surface area contributed by atoms with Crippen LogP contribution in [0.15, 0.2) is 24.4 Å². The van der Waals surface area contributed by atoms with Gasteiger partial charge in [-0.1, -0.05) is 17.3 Å². The monoisotopic (exact) mass is 282 g/mol. The summed E-state index contributed by atoms with van der Waals surface area (Å²) in [5.41, 5.74) is 0.978. The van der Waals surface area contributed by atoms with Crippen molar-refractivity contribution in [1.82, 2.24) is 20.3 Å². The second kappa shape index (κ2) is 7.06. The summed E-state index contributed by atoms with van der Waals surface area (Å²) in [7, 11) is 1.63. The number of benzene rings is 1. The third-order valence-electron chi connectivity index (χ3n) is 2.74. The Hall–Kier alpha value is -1.86. The normalized spacial score (nSPS) is 10.9. The molecule has 0 fully saturated rings. The van der Waals surface area contributed by atoms with Gasteiger partial charge in [0, 0.05) is 25.8 Å². The average molecular weight is 282 g/mol. The molecule has 0 unspecified atom stereocenters. The van der Waals surface area contributed by atoms with Gasteiger partial charge >= 0.3 is 0 Å². The van der Waals surface area contributed by atoms with E-state index in [0.717, 1.165) is 11.8 Å². The number of nitrogens with zero attached hydrogens (tertiary/aromatic N) is 3. The Morgan fingerprint density at radius 3 is 3.00 bits per heavy atom. The summed E-state index contributed by atoms with van der Waals surface area (Å²) in [6, 6.07) is 4.08. The first-order valence-corrected chi connectivity index (χ1v) is 6.22. The van der Waals surface area contributed by atoms with Crippen LogP contribution in [-0.2, 0) is 17.8 Å². The minimum absolute atomic E-state index is 0.147. The Kier molecular flexibility index (Phi) is 5.14. The minimum Gasteiger partial charge on any atom is -0.383 e. The SMILES string of the molecule is COCCNCc1cn(Cc2cccc(F)c2F)nn1. The molecule has 1 aromatic heterocycles. The van der Waals surface area contributed by atoms with Crippen LogP contribution in [0.25, 0.3) is 0 Å². The highest BCUT2D eigenvalue weighted by atomic mass is 19.2. The first-order valence-electron chi connectivity index (χ1n) is 6.22. The molecule has 1 aromatic carbocycles. The Balaban J connectivity index is 1.94. The zero-order valence-electron chi connectivity index (χ0n) is 11.1. The molecule has 0 radical (unpaired) electrons. The van der Waals surface area contributed by atoms with Gasteiger partial charge in [0.05, 0.1) is 25.0 Å². The largest absolute Gasteiger partial charge is 0.383 e. The van der Waals surface area contributed by atoms with Crippen LogP contribution in [0.4, 0.5) is 8.78 Å². The van der Waals surface area contributed by atoms with Crippen molar-refractivity contribution in [1.29, 1.82) is 0 Å². The number of hydrogen-bond acceptors (Lipinski definition) is 4. The summed E-state index contributed by atoms with van der Waals surface area (Å²) < 4.78 is 33.0. The van der Waals surface area contributed by atoms with Crippen LogP contribution >= 0.6 is 0 Å². The van der Waals surface area contributed by atoms with Crippen molar-refractivity contribution in [2.75, 3.05) is 20.3 Å². The second-order valence-electron chi connectivity index (χ2n) is 4.29. The van der Waals surface area contributed by atoms with E-state index in [-0.39, 0.29) is 12.1 Å². The topological polar surface area (TPSA) is 52.0 Å². The third kappa shape index (κ3) is 3.82. The number of nitrogens with one attached hydrogen (secondary N) is 1. The van der Waals surface area contributed by atoms with Gasteiger partial charge in [-0.05, 0) is 6.07 Å². The van der Waals surface area contributed by atoms with E-state index in [2.05, 4.69) is 15.6 Å². The number of ether oxygens (including phenoxy) is 1. The van der Waals surface area contributed by atoms with Crippen LogP contribution in [0, 0.1) is 11.6 Å². The molecule has 20 heavy (non-hydrogen) atoms. The molecule has 2 rings (SSSR count). The zero-order valence-corrected chi connectivity index (χ0v) is 11.1. The lowest BCUT2D eigenvalue weighted by Gasteiger charge is -2.03. The maximum atomic E-state index is 13.5. The van der Waals surface area contributed by atoms with Gasteiger partial charge in [-0.15, -0.1) is 5.10 Å². The van der Waals surface area contributed by atoms with E-state index in [9.17, 15) is 8.78 Å². The van der Waals surface area contributed by atoms with Crippen LogP contribution in [0.1, 0.15) is 11.3 Å². The molecule has 0 spiro atoms. The lowest BCUT2D eigenvalue weighted by molar-refractivity contribution is 0.199. The van der Waals surface area contributed by atoms with E-state index in [0.29, 0.717) is 19.7 Å². The predicted molar refractivity (Wildman–Crippen MR) is 69.1 cm³/mol. The van der Waals surface area contributed by atoms with E-state index >= 15 is 0 Å². The van der Waals surface area contributed by atoms with Crippen molar-refractivity contribution in [3.8, 4) is 0 Å². The Morgan fingerprint density at radius 1 is 1.35 bits per heavy atom. The highest BCUT2D eigenvalue weighted by molar-refractivity contribution is 5.19. The van der Waals surface area contributed by atoms with Crippen molar-refractivity contribution in [3.63, 3.8) is 0 Å². The fourth-order valence-electron chi connectivity index (χ4n) is 1.73. The maximum absolute atomic E-state index is 13.5. The van der Waals surface area contributed by atoms with Gasteiger partial charge in [0.25, 0.3) is 0 Å². The molecular weight excluding hydrogens is 266 g/mol. The van der Waals surface area contributed by atoms with Crippen molar-refractivity contribution < 1.29 is 13.5 Å². The number of hydrogen-bond donors (Lipinski definition) is 1. The second-order valence-corrected chi connectivity index (χ2v) is 4.29. The smallest absolute Gasteiger partial charge is 0.163 e. The number of aromatic nitrogens is 3. The summed E-state index contributed by atoms with van der Waals surface area (Å²) in [4.78, 5) is 0. The Labute approximate surface area is 115 Å². The van der Waals surface area contributed by atoms with E-state index < -0.39 is 11.6 Å². The highest BCUT2D eigenvalue weighted by Crippen LogP contribution is 2.12. The quantitative estimate of drug-likeness (QED) is 0.779. The van der Waals surface area contributed by atoms with Crippen LogP contribution in [0.3, 0.4) is 0 Å². The molecular formula is C13H16F2N4O. The molecule has 0 aliphatic carbocycles. The van der Waals surface area contributed by atoms with Crippen molar-refractivity contribution in [2.45, 2.75) is 13.1 Å². The minimum atomic E-state index is -0.857. The summed E-state index contributed by atoms with van der Waals surface area (Å²) in [5, 5.41) is 11.0. The van der Waals surface area contributed by atoms with Crippen LogP contribution in [-0.4, -0.2) is 35.3 Å². The van der Waals surface area contributed by atoms with Gasteiger partial charge < -0.3 is 10.1 Å². The molecule has 0 bridgehead atoms. The van der Waals surface area contributed by atoms with Crippen LogP contribution in [0.5, 0.6) is 0 Å². The fourth-order valence-corrected chi connectivity index (χ4v) is 1.73. The van der Waals surface area contributed by atoms with Gasteiger partial charge in [-0.3, -0.25) is 0 Å². The van der Waals surface area contributed by atoms with Gasteiger partial charge in [-0.25, -0.2) is 13.5 Å². The number of halogens is 2. The van der Waals surface area contributed by atoms with Crippen LogP contribution in [0.2, 0.25) is 0 Å². The van der Waals surface area contributed by atoms with E-state index in [1.54, 1.807) is 13.3 Å². The summed E-state index contributed by atoms with van der Waals surface area (Å²) in [5.74, 6) is -1.70. The molecule has 2 aromatic rings. The maximum Gasteiger partial charge on any atom is 0.163 e. The third-order valence-corrected chi connectivity index (χ3v) is 2.74. The molecule has 0 amide bonds. The number of rotatable bonds is 7. The van der Waals surface area contributed by atoms with E-state index in [1.807, 2.05) is 0 Å². The molecule has 0 atom stereocenters. The van der Waals surface area contributed by atoms with Gasteiger partial charge in [0.1, 0.15) is 0 Å². The molecule has 0 saturated carbocycles. The lowest BCUT2D eigenvalue weighted by Crippen LogP contribution is -2.18. The molecule has 0 aliphatic rings. The molecule has 1 N–H and O–H groups in total. The summed E-state index contributed by atoms with van der Waals surface area (Å²) in [6.07, 6.45) is 1.70. The summed E-state index contributed by atoms with van der Waals surface area (Å²) in [6.45, 7) is 2.02. The lowest BCUT2D eigenvalue weighted by atomic mass is 10.2. The standard InChI is InChI=1S/C13H16F2N4O/c1-20-6-5-16-7-11-9-19(18-17-11)8-10-3-2-4-12(14)13(10)15/h2-4,9,16H,5-8H2,1H3. The van der Waals surface area contributed by atoms with Crippen molar-refractivity contribution in [2.24, 2.45) is 0 Å². The Morgan fingerprint density at radius 2 is 2.20 bits per heavy atom. The van der Waals surface area contributed by atoms with E-state index in [1.165, 1.54) is 16.8 Å². The molecule has 0 aliphatic heterocycles. The molecule has 1 heterocycles. The number of methoxy groups -OCH3 is 1. The van der Waals surface area contributed by atoms with Crippen molar-refractivity contribution in [3.05, 3.63) is 47.3 Å². The van der Waals surface area contributed by atoms with Crippen LogP contribution < -0.4 is 5.32 Å². The highest BCUT2D eigenvalue weighted by Gasteiger charge is 2.09. The van der Waals surface area contributed by atoms with Gasteiger partial charge in [0.2, 0.25) is 0 Å². The average Bonchev–Trinajstić information content (AvgIpc) is 2.88. The molecule has 7 heteroatoms. The summed E-state index contributed by atoms with van der Waals surface area (Å²) >= 11 is 0.